The van der Waals surface area contributed by atoms with E-state index in [1.165, 1.54) is 37.1 Å². The molecule has 0 radical (unpaired) electrons. The average Bonchev–Trinajstić information content (AvgIpc) is 3.70. The number of aromatic nitrogens is 2. The number of nitrogens with zero attached hydrogens (tertiary/aromatic N) is 3. The van der Waals surface area contributed by atoms with E-state index in [0.717, 1.165) is 12.0 Å². The third-order valence-electron chi connectivity index (χ3n) is 7.70. The van der Waals surface area contributed by atoms with Crippen LogP contribution in [0.5, 0.6) is 0 Å². The van der Waals surface area contributed by atoms with Crippen LogP contribution in [0.4, 0.5) is 20.7 Å². The predicted molar refractivity (Wildman–Crippen MR) is 150 cm³/mol. The number of carbonyl (C=O) groups excluding carboxylic acids is 2. The summed E-state index contributed by atoms with van der Waals surface area (Å²) in [5, 5.41) is 5.81. The Hall–Kier alpha value is -3.60. The molecule has 2 fully saturated rings. The summed E-state index contributed by atoms with van der Waals surface area (Å²) in [6.45, 7) is 0.186. The molecule has 3 aromatic rings. The molecule has 3 atom stereocenters. The molecule has 3 amide bonds. The first kappa shape index (κ1) is 27.9. The molecule has 1 aliphatic carbocycles. The zero-order valence-electron chi connectivity index (χ0n) is 22.1. The molecule has 1 aromatic carbocycles. The highest BCUT2D eigenvalue weighted by atomic mass is 35.5. The molecule has 1 saturated heterocycles. The zero-order valence-corrected chi connectivity index (χ0v) is 22.9. The van der Waals surface area contributed by atoms with Crippen LogP contribution in [0.3, 0.4) is 0 Å². The van der Waals surface area contributed by atoms with Crippen LogP contribution in [-0.4, -0.2) is 52.6 Å². The van der Waals surface area contributed by atoms with E-state index < -0.39 is 29.3 Å². The van der Waals surface area contributed by atoms with Crippen molar-refractivity contribution in [3.63, 3.8) is 0 Å². The topological polar surface area (TPSA) is 122 Å². The Morgan fingerprint density at radius 1 is 1.15 bits per heavy atom. The van der Waals surface area contributed by atoms with Crippen molar-refractivity contribution in [2.45, 2.75) is 49.8 Å². The summed E-state index contributed by atoms with van der Waals surface area (Å²) in [6.07, 6.45) is 8.69. The SMILES string of the molecule is COC1CC(C(=O)Nc2cc(C(N)(CCC3CC3)c3ccncc3)ccc2F)N(C(=O)Nc2ccc(Cl)cn2)C1. The number of nitrogens with one attached hydrogen (secondary N) is 2. The van der Waals surface area contributed by atoms with Crippen LogP contribution in [0.25, 0.3) is 0 Å². The molecular formula is C29H32ClFN6O3. The van der Waals surface area contributed by atoms with Gasteiger partial charge in [0.2, 0.25) is 5.91 Å². The van der Waals surface area contributed by atoms with Gasteiger partial charge in [0, 0.05) is 38.7 Å². The standard InChI is InChI=1S/C29H32ClFN6O3/c1-40-22-15-25(37(17-22)28(39)36-26-7-5-21(30)16-34-26)27(38)35-24-14-20(4-6-23(24)31)29(32,11-8-18-2-3-18)19-9-12-33-13-10-19/h4-7,9-10,12-14,16,18,22,25H,2-3,8,11,15,17,32H2,1H3,(H,35,38)(H,34,36,39). The van der Waals surface area contributed by atoms with Crippen molar-refractivity contribution in [3.8, 4) is 0 Å². The number of carbonyl (C=O) groups is 2. The normalized spacial score (nSPS) is 20.1. The molecule has 0 bridgehead atoms. The molecule has 9 nitrogen and oxygen atoms in total. The number of benzene rings is 1. The average molecular weight is 567 g/mol. The Morgan fingerprint density at radius 2 is 1.93 bits per heavy atom. The second-order valence-electron chi connectivity index (χ2n) is 10.4. The summed E-state index contributed by atoms with van der Waals surface area (Å²) < 4.78 is 20.5. The van der Waals surface area contributed by atoms with Gasteiger partial charge in [0.1, 0.15) is 17.7 Å². The number of pyridine rings is 2. The fourth-order valence-corrected chi connectivity index (χ4v) is 5.24. The van der Waals surface area contributed by atoms with Gasteiger partial charge >= 0.3 is 6.03 Å². The lowest BCUT2D eigenvalue weighted by molar-refractivity contribution is -0.119. The summed E-state index contributed by atoms with van der Waals surface area (Å²) in [6, 6.07) is 10.0. The first-order valence-electron chi connectivity index (χ1n) is 13.3. The van der Waals surface area contributed by atoms with E-state index in [0.29, 0.717) is 22.9 Å². The molecule has 3 heterocycles. The quantitative estimate of drug-likeness (QED) is 0.338. The smallest absolute Gasteiger partial charge is 0.323 e. The number of hydrogen-bond donors (Lipinski definition) is 3. The van der Waals surface area contributed by atoms with Crippen molar-refractivity contribution in [1.29, 1.82) is 0 Å². The fourth-order valence-electron chi connectivity index (χ4n) is 5.13. The Morgan fingerprint density at radius 3 is 2.60 bits per heavy atom. The third-order valence-corrected chi connectivity index (χ3v) is 7.92. The molecule has 2 aromatic heterocycles. The molecule has 1 saturated carbocycles. The van der Waals surface area contributed by atoms with Crippen LogP contribution >= 0.6 is 11.6 Å². The summed E-state index contributed by atoms with van der Waals surface area (Å²) in [7, 11) is 1.52. The zero-order chi connectivity index (χ0) is 28.3. The van der Waals surface area contributed by atoms with Gasteiger partial charge in [-0.15, -0.1) is 0 Å². The van der Waals surface area contributed by atoms with E-state index in [9.17, 15) is 9.59 Å². The Labute approximate surface area is 237 Å². The van der Waals surface area contributed by atoms with Gasteiger partial charge in [0.15, 0.2) is 0 Å². The maximum absolute atomic E-state index is 15.0. The van der Waals surface area contributed by atoms with Gasteiger partial charge in [0.25, 0.3) is 0 Å². The van der Waals surface area contributed by atoms with Crippen molar-refractivity contribution in [2.75, 3.05) is 24.3 Å². The molecule has 40 heavy (non-hydrogen) atoms. The van der Waals surface area contributed by atoms with Crippen LogP contribution in [0.15, 0.2) is 61.1 Å². The number of ether oxygens (including phenoxy) is 1. The van der Waals surface area contributed by atoms with E-state index in [1.54, 1.807) is 36.7 Å². The van der Waals surface area contributed by atoms with E-state index >= 15 is 4.39 Å². The van der Waals surface area contributed by atoms with Gasteiger partial charge in [-0.3, -0.25) is 15.1 Å². The lowest BCUT2D eigenvalue weighted by Crippen LogP contribution is -2.45. The van der Waals surface area contributed by atoms with Crippen LogP contribution < -0.4 is 16.4 Å². The summed E-state index contributed by atoms with van der Waals surface area (Å²) in [5.41, 5.74) is 7.68. The minimum atomic E-state index is -0.891. The summed E-state index contributed by atoms with van der Waals surface area (Å²) in [5.74, 6) is -0.186. The van der Waals surface area contributed by atoms with Gasteiger partial charge in [-0.05, 0) is 66.3 Å². The second kappa shape index (κ2) is 11.9. The minimum Gasteiger partial charge on any atom is -0.380 e. The Bertz CT molecular complexity index is 1360. The molecule has 4 N–H and O–H groups in total. The van der Waals surface area contributed by atoms with E-state index in [2.05, 4.69) is 20.6 Å². The van der Waals surface area contributed by atoms with Crippen LogP contribution in [0.2, 0.25) is 5.02 Å². The number of likely N-dealkylation sites (tertiary alicyclic amines) is 1. The lowest BCUT2D eigenvalue weighted by atomic mass is 9.79. The van der Waals surface area contributed by atoms with Crippen molar-refractivity contribution < 1.29 is 18.7 Å². The number of nitrogens with two attached hydrogens (primary N) is 1. The number of hydrogen-bond acceptors (Lipinski definition) is 6. The number of urea groups is 1. The molecule has 210 valence electrons. The van der Waals surface area contributed by atoms with Gasteiger partial charge < -0.3 is 20.7 Å². The molecule has 3 unspecified atom stereocenters. The highest BCUT2D eigenvalue weighted by molar-refractivity contribution is 6.30. The first-order chi connectivity index (χ1) is 19.3. The van der Waals surface area contributed by atoms with Gasteiger partial charge in [-0.2, -0.15) is 0 Å². The van der Waals surface area contributed by atoms with Crippen LogP contribution in [-0.2, 0) is 15.1 Å². The van der Waals surface area contributed by atoms with Crippen LogP contribution in [0, 0.1) is 11.7 Å². The first-order valence-corrected chi connectivity index (χ1v) is 13.7. The number of rotatable bonds is 9. The predicted octanol–water partition coefficient (Wildman–Crippen LogP) is 4.92. The van der Waals surface area contributed by atoms with Crippen molar-refractivity contribution in [2.24, 2.45) is 11.7 Å². The monoisotopic (exact) mass is 566 g/mol. The fraction of sp³-hybridized carbons (Fsp3) is 0.379. The number of amides is 3. The molecule has 5 rings (SSSR count). The van der Waals surface area contributed by atoms with Crippen LogP contribution in [0.1, 0.15) is 43.2 Å². The number of methoxy groups -OCH3 is 1. The van der Waals surface area contributed by atoms with Crippen molar-refractivity contribution >= 4 is 35.0 Å². The highest BCUT2D eigenvalue weighted by Crippen LogP contribution is 2.40. The summed E-state index contributed by atoms with van der Waals surface area (Å²) >= 11 is 5.88. The molecular weight excluding hydrogens is 535 g/mol. The maximum atomic E-state index is 15.0. The Balaban J connectivity index is 1.37. The maximum Gasteiger partial charge on any atom is 0.323 e. The molecule has 0 spiro atoms. The summed E-state index contributed by atoms with van der Waals surface area (Å²) in [4.78, 5) is 36.1. The molecule has 1 aliphatic heterocycles. The highest BCUT2D eigenvalue weighted by Gasteiger charge is 2.40. The Kier molecular flexibility index (Phi) is 8.30. The third kappa shape index (κ3) is 6.24. The number of halogens is 2. The lowest BCUT2D eigenvalue weighted by Gasteiger charge is -2.31. The second-order valence-corrected chi connectivity index (χ2v) is 10.9. The molecule has 11 heteroatoms. The van der Waals surface area contributed by atoms with Gasteiger partial charge in [-0.25, -0.2) is 14.2 Å². The number of anilines is 2. The van der Waals surface area contributed by atoms with Crippen molar-refractivity contribution in [1.82, 2.24) is 14.9 Å². The largest absolute Gasteiger partial charge is 0.380 e. The van der Waals surface area contributed by atoms with E-state index in [-0.39, 0.29) is 30.6 Å². The van der Waals surface area contributed by atoms with Gasteiger partial charge in [0.05, 0.1) is 22.4 Å². The van der Waals surface area contributed by atoms with E-state index in [1.807, 2.05) is 12.1 Å². The van der Waals surface area contributed by atoms with E-state index in [4.69, 9.17) is 22.1 Å². The van der Waals surface area contributed by atoms with Gasteiger partial charge in [-0.1, -0.05) is 30.5 Å². The van der Waals surface area contributed by atoms with Crippen molar-refractivity contribution in [3.05, 3.63) is 83.0 Å². The molecule has 2 aliphatic rings. The minimum absolute atomic E-state index is 0.00149.